The predicted molar refractivity (Wildman–Crippen MR) is 133 cm³/mol. The molecule has 1 saturated heterocycles. The lowest BCUT2D eigenvalue weighted by molar-refractivity contribution is -0.384. The van der Waals surface area contributed by atoms with E-state index in [1.165, 1.54) is 19.2 Å². The summed E-state index contributed by atoms with van der Waals surface area (Å²) in [7, 11) is 1.37. The molecule has 3 aromatic carbocycles. The number of aromatic nitrogens is 2. The molecule has 5 heterocycles. The maximum absolute atomic E-state index is 13.2. The highest BCUT2D eigenvalue weighted by molar-refractivity contribution is 6.39. The van der Waals surface area contributed by atoms with Gasteiger partial charge in [0.1, 0.15) is 18.2 Å². The standard InChI is InChI=1S/C26H18N4O8/c1-37-22-21(31)20-25(38-26(22)34)29-13-7-6-9(30(35)36)8-11(13)15-17-16(23(32)27-24(17)33)14-10-4-2-3-5-12(10)28(20)18(14)19(15)29/h2-8,20-22,25-26,31,34H,1H3,(H,27,32,33). The van der Waals surface area contributed by atoms with Crippen molar-refractivity contribution in [2.45, 2.75) is 30.8 Å². The number of non-ortho nitro benzene ring substituents is 1. The first-order valence-corrected chi connectivity index (χ1v) is 11.9. The van der Waals surface area contributed by atoms with Crippen LogP contribution in [-0.4, -0.2) is 61.7 Å². The van der Waals surface area contributed by atoms with Crippen LogP contribution >= 0.6 is 0 Å². The number of fused-ring (bicyclic) bond motifs is 12. The van der Waals surface area contributed by atoms with Crippen LogP contribution in [0.3, 0.4) is 0 Å². The molecule has 0 aliphatic carbocycles. The second-order valence-electron chi connectivity index (χ2n) is 9.79. The molecule has 2 aromatic heterocycles. The monoisotopic (exact) mass is 514 g/mol. The number of methoxy groups -OCH3 is 1. The Kier molecular flexibility index (Phi) is 3.96. The number of nitro groups is 1. The molecule has 38 heavy (non-hydrogen) atoms. The van der Waals surface area contributed by atoms with Gasteiger partial charge in [-0.1, -0.05) is 18.2 Å². The molecule has 3 N–H and O–H groups in total. The highest BCUT2D eigenvalue weighted by Crippen LogP contribution is 2.54. The number of nitrogens with zero attached hydrogens (tertiary/aromatic N) is 3. The number of para-hydroxylation sites is 1. The Balaban J connectivity index is 1.68. The molecule has 0 spiro atoms. The van der Waals surface area contributed by atoms with E-state index in [9.17, 15) is 29.9 Å². The summed E-state index contributed by atoms with van der Waals surface area (Å²) in [4.78, 5) is 37.6. The van der Waals surface area contributed by atoms with Gasteiger partial charge in [-0.2, -0.15) is 0 Å². The van der Waals surface area contributed by atoms with Gasteiger partial charge in [-0.05, 0) is 12.1 Å². The Morgan fingerprint density at radius 2 is 1.63 bits per heavy atom. The number of imide groups is 1. The summed E-state index contributed by atoms with van der Waals surface area (Å²) < 4.78 is 15.1. The smallest absolute Gasteiger partial charge is 0.270 e. The number of nitrogens with one attached hydrogen (secondary N) is 1. The van der Waals surface area contributed by atoms with Gasteiger partial charge in [-0.15, -0.1) is 0 Å². The number of aliphatic hydroxyl groups is 2. The number of hydrogen-bond donors (Lipinski definition) is 3. The van der Waals surface area contributed by atoms with Gasteiger partial charge in [-0.3, -0.25) is 25.0 Å². The maximum Gasteiger partial charge on any atom is 0.270 e. The van der Waals surface area contributed by atoms with E-state index in [4.69, 9.17) is 9.47 Å². The minimum atomic E-state index is -1.47. The maximum atomic E-state index is 13.2. The lowest BCUT2D eigenvalue weighted by Gasteiger charge is -2.46. The molecule has 5 aromatic rings. The van der Waals surface area contributed by atoms with Gasteiger partial charge in [0.25, 0.3) is 17.5 Å². The predicted octanol–water partition coefficient (Wildman–Crippen LogP) is 2.47. The minimum absolute atomic E-state index is 0.134. The normalized spacial score (nSPS) is 26.0. The number of aliphatic hydroxyl groups excluding tert-OH is 2. The van der Waals surface area contributed by atoms with Gasteiger partial charge >= 0.3 is 0 Å². The van der Waals surface area contributed by atoms with Crippen molar-refractivity contribution in [2.24, 2.45) is 0 Å². The van der Waals surface area contributed by atoms with Crippen molar-refractivity contribution in [3.05, 3.63) is 63.7 Å². The zero-order valence-corrected chi connectivity index (χ0v) is 19.6. The third kappa shape index (κ3) is 2.30. The van der Waals surface area contributed by atoms with E-state index in [0.717, 1.165) is 0 Å². The summed E-state index contributed by atoms with van der Waals surface area (Å²) in [5.41, 5.74) is 2.42. The van der Waals surface area contributed by atoms with Gasteiger partial charge in [0.05, 0.1) is 32.6 Å². The van der Waals surface area contributed by atoms with E-state index in [1.54, 1.807) is 10.6 Å². The van der Waals surface area contributed by atoms with E-state index in [-0.39, 0.29) is 16.8 Å². The van der Waals surface area contributed by atoms with Gasteiger partial charge < -0.3 is 28.8 Å². The second-order valence-corrected chi connectivity index (χ2v) is 9.79. The fourth-order valence-corrected chi connectivity index (χ4v) is 6.74. The third-order valence-electron chi connectivity index (χ3n) is 8.13. The number of nitro benzene ring substituents is 1. The zero-order valence-electron chi connectivity index (χ0n) is 19.6. The molecule has 1 fully saturated rings. The SMILES string of the molecule is COC1C(O)OC2C(C1O)n1c3ccccc3c3c4c(c5c6cc([N+](=O)[O-])ccc6n2c5c31)C(=O)NC4=O. The van der Waals surface area contributed by atoms with Crippen molar-refractivity contribution in [3.8, 4) is 0 Å². The fourth-order valence-electron chi connectivity index (χ4n) is 6.74. The minimum Gasteiger partial charge on any atom is -0.388 e. The van der Waals surface area contributed by atoms with Crippen LogP contribution in [0.25, 0.3) is 43.6 Å². The van der Waals surface area contributed by atoms with Crippen molar-refractivity contribution in [3.63, 3.8) is 0 Å². The summed E-state index contributed by atoms with van der Waals surface area (Å²) in [6.45, 7) is 0. The largest absolute Gasteiger partial charge is 0.388 e. The summed E-state index contributed by atoms with van der Waals surface area (Å²) in [5, 5.41) is 38.4. The Labute approximate surface area is 211 Å². The van der Waals surface area contributed by atoms with Crippen LogP contribution < -0.4 is 5.32 Å². The Bertz CT molecular complexity index is 1960. The summed E-state index contributed by atoms with van der Waals surface area (Å²) in [6, 6.07) is 10.8. The summed E-state index contributed by atoms with van der Waals surface area (Å²) in [6.07, 6.45) is -4.72. The van der Waals surface area contributed by atoms with Gasteiger partial charge in [0, 0.05) is 46.3 Å². The number of hydrogen-bond acceptors (Lipinski definition) is 8. The van der Waals surface area contributed by atoms with E-state index in [1.807, 2.05) is 28.8 Å². The van der Waals surface area contributed by atoms with Crippen LogP contribution in [0, 0.1) is 10.1 Å². The van der Waals surface area contributed by atoms with E-state index in [0.29, 0.717) is 43.6 Å². The fraction of sp³-hybridized carbons (Fsp3) is 0.231. The molecule has 3 aliphatic rings. The first-order chi connectivity index (χ1) is 18.3. The third-order valence-corrected chi connectivity index (χ3v) is 8.13. The highest BCUT2D eigenvalue weighted by Gasteiger charge is 2.51. The van der Waals surface area contributed by atoms with Crippen molar-refractivity contribution < 1.29 is 34.2 Å². The first-order valence-electron chi connectivity index (χ1n) is 11.9. The van der Waals surface area contributed by atoms with Crippen molar-refractivity contribution >= 4 is 61.1 Å². The Hall–Kier alpha value is -4.36. The van der Waals surface area contributed by atoms with Crippen LogP contribution in [0.5, 0.6) is 0 Å². The topological polar surface area (TPSA) is 158 Å². The molecule has 12 heteroatoms. The second kappa shape index (κ2) is 6.94. The van der Waals surface area contributed by atoms with Gasteiger partial charge in [-0.25, -0.2) is 0 Å². The average molecular weight is 514 g/mol. The van der Waals surface area contributed by atoms with Crippen LogP contribution in [-0.2, 0) is 9.47 Å². The van der Waals surface area contributed by atoms with Gasteiger partial charge in [0.15, 0.2) is 12.5 Å². The molecule has 8 rings (SSSR count). The first kappa shape index (κ1) is 21.7. The Morgan fingerprint density at radius 3 is 2.34 bits per heavy atom. The molecule has 190 valence electrons. The molecule has 3 aliphatic heterocycles. The number of rotatable bonds is 2. The number of ether oxygens (including phenoxy) is 2. The van der Waals surface area contributed by atoms with Crippen LogP contribution in [0.2, 0.25) is 0 Å². The molecule has 0 radical (unpaired) electrons. The van der Waals surface area contributed by atoms with Crippen LogP contribution in [0.1, 0.15) is 33.0 Å². The molecular weight excluding hydrogens is 496 g/mol. The lowest BCUT2D eigenvalue weighted by atomic mass is 9.94. The number of carbonyl (C=O) groups is 2. The van der Waals surface area contributed by atoms with Crippen molar-refractivity contribution in [1.29, 1.82) is 0 Å². The molecule has 0 bridgehead atoms. The average Bonchev–Trinajstić information content (AvgIpc) is 3.51. The van der Waals surface area contributed by atoms with E-state index >= 15 is 0 Å². The highest BCUT2D eigenvalue weighted by atomic mass is 16.7. The van der Waals surface area contributed by atoms with Crippen molar-refractivity contribution in [2.75, 3.05) is 7.11 Å². The number of benzene rings is 3. The van der Waals surface area contributed by atoms with E-state index < -0.39 is 47.5 Å². The number of carbonyl (C=O) groups excluding carboxylic acids is 2. The summed E-state index contributed by atoms with van der Waals surface area (Å²) in [5.74, 6) is -1.16. The summed E-state index contributed by atoms with van der Waals surface area (Å²) >= 11 is 0. The lowest BCUT2D eigenvalue weighted by Crippen LogP contribution is -2.54. The quantitative estimate of drug-likeness (QED) is 0.184. The van der Waals surface area contributed by atoms with Crippen molar-refractivity contribution in [1.82, 2.24) is 14.5 Å². The molecule has 2 amide bonds. The molecule has 5 atom stereocenters. The number of amides is 2. The van der Waals surface area contributed by atoms with Crippen LogP contribution in [0.4, 0.5) is 5.69 Å². The van der Waals surface area contributed by atoms with Gasteiger partial charge in [0.2, 0.25) is 0 Å². The van der Waals surface area contributed by atoms with E-state index in [2.05, 4.69) is 5.32 Å². The zero-order chi connectivity index (χ0) is 26.2. The van der Waals surface area contributed by atoms with Crippen LogP contribution in [0.15, 0.2) is 42.5 Å². The molecular formula is C26H18N4O8. The Morgan fingerprint density at radius 1 is 0.974 bits per heavy atom. The molecule has 12 nitrogen and oxygen atoms in total. The molecule has 0 saturated carbocycles. The molecule has 5 unspecified atom stereocenters.